The first-order valence-electron chi connectivity index (χ1n) is 8.52. The highest BCUT2D eigenvalue weighted by molar-refractivity contribution is 7.15. The molecule has 4 nitrogen and oxygen atoms in total. The lowest BCUT2D eigenvalue weighted by Crippen LogP contribution is -1.99. The molecule has 0 saturated carbocycles. The summed E-state index contributed by atoms with van der Waals surface area (Å²) in [6.45, 7) is 3.09. The average Bonchev–Trinajstić information content (AvgIpc) is 3.07. The van der Waals surface area contributed by atoms with Gasteiger partial charge in [-0.05, 0) is 30.2 Å². The van der Waals surface area contributed by atoms with E-state index in [2.05, 4.69) is 33.8 Å². The zero-order valence-corrected chi connectivity index (χ0v) is 16.8. The van der Waals surface area contributed by atoms with Crippen LogP contribution in [0.15, 0.2) is 42.5 Å². The Morgan fingerprint density at radius 1 is 1.00 bits per heavy atom. The molecule has 2 aromatic carbocycles. The van der Waals surface area contributed by atoms with Crippen LogP contribution in [0.2, 0.25) is 10.0 Å². The quantitative estimate of drug-likeness (QED) is 0.425. The minimum absolute atomic E-state index is 0.589. The van der Waals surface area contributed by atoms with Crippen LogP contribution in [0.4, 0.5) is 16.5 Å². The summed E-state index contributed by atoms with van der Waals surface area (Å²) in [5.41, 5.74) is 2.78. The summed E-state index contributed by atoms with van der Waals surface area (Å²) in [5, 5.41) is 18.2. The number of benzene rings is 2. The monoisotopic (exact) mass is 406 g/mol. The van der Waals surface area contributed by atoms with Crippen molar-refractivity contribution in [2.24, 2.45) is 0 Å². The second-order valence-corrected chi connectivity index (χ2v) is 7.71. The highest BCUT2D eigenvalue weighted by Gasteiger charge is 2.11. The van der Waals surface area contributed by atoms with Crippen molar-refractivity contribution in [3.63, 3.8) is 0 Å². The number of aromatic nitrogens is 2. The minimum atomic E-state index is 0.589. The number of para-hydroxylation sites is 2. The third-order valence-corrected chi connectivity index (χ3v) is 5.37. The molecule has 0 unspecified atom stereocenters. The van der Waals surface area contributed by atoms with Crippen LogP contribution in [0.3, 0.4) is 0 Å². The highest BCUT2D eigenvalue weighted by Crippen LogP contribution is 2.34. The molecule has 0 atom stereocenters. The van der Waals surface area contributed by atoms with Gasteiger partial charge in [0.25, 0.3) is 0 Å². The van der Waals surface area contributed by atoms with Crippen molar-refractivity contribution in [1.82, 2.24) is 10.2 Å². The van der Waals surface area contributed by atoms with Crippen LogP contribution >= 0.6 is 34.5 Å². The van der Waals surface area contributed by atoms with Gasteiger partial charge in [0.15, 0.2) is 0 Å². The molecule has 1 aromatic heterocycles. The van der Waals surface area contributed by atoms with E-state index in [-0.39, 0.29) is 0 Å². The van der Waals surface area contributed by atoms with E-state index in [1.807, 2.05) is 36.4 Å². The summed E-state index contributed by atoms with van der Waals surface area (Å²) in [6.07, 6.45) is 2.97. The zero-order valence-electron chi connectivity index (χ0n) is 14.4. The fraction of sp³-hybridized carbons (Fsp3) is 0.263. The molecule has 1 heterocycles. The van der Waals surface area contributed by atoms with Gasteiger partial charge in [-0.2, -0.15) is 0 Å². The van der Waals surface area contributed by atoms with E-state index in [1.54, 1.807) is 11.3 Å². The first-order valence-corrected chi connectivity index (χ1v) is 10.1. The zero-order chi connectivity index (χ0) is 18.4. The molecule has 0 bridgehead atoms. The maximum absolute atomic E-state index is 6.28. The second kappa shape index (κ2) is 9.21. The van der Waals surface area contributed by atoms with Crippen LogP contribution in [0.1, 0.15) is 30.3 Å². The van der Waals surface area contributed by atoms with Crippen molar-refractivity contribution in [3.05, 3.63) is 63.1 Å². The van der Waals surface area contributed by atoms with Crippen molar-refractivity contribution >= 4 is 51.0 Å². The van der Waals surface area contributed by atoms with Gasteiger partial charge < -0.3 is 10.6 Å². The number of hydrogen-bond donors (Lipinski definition) is 2. The summed E-state index contributed by atoms with van der Waals surface area (Å²) in [6, 6.07) is 13.5. The van der Waals surface area contributed by atoms with Gasteiger partial charge in [0.1, 0.15) is 5.01 Å². The molecule has 136 valence electrons. The largest absolute Gasteiger partial charge is 0.360 e. The lowest BCUT2D eigenvalue weighted by atomic mass is 10.1. The number of rotatable bonds is 8. The van der Waals surface area contributed by atoms with E-state index in [0.717, 1.165) is 40.8 Å². The van der Waals surface area contributed by atoms with Crippen molar-refractivity contribution < 1.29 is 0 Å². The van der Waals surface area contributed by atoms with Crippen LogP contribution < -0.4 is 10.6 Å². The van der Waals surface area contributed by atoms with E-state index < -0.39 is 0 Å². The molecule has 0 fully saturated rings. The van der Waals surface area contributed by atoms with Gasteiger partial charge in [-0.25, -0.2) is 0 Å². The third kappa shape index (κ3) is 4.87. The Kier molecular flexibility index (Phi) is 6.72. The molecular weight excluding hydrogens is 387 g/mol. The van der Waals surface area contributed by atoms with Gasteiger partial charge in [0, 0.05) is 18.7 Å². The Hall–Kier alpha value is -1.82. The lowest BCUT2D eigenvalue weighted by molar-refractivity contribution is 0.830. The fourth-order valence-corrected chi connectivity index (χ4v) is 3.76. The number of hydrogen-bond acceptors (Lipinski definition) is 5. The van der Waals surface area contributed by atoms with Crippen molar-refractivity contribution in [3.8, 4) is 0 Å². The number of nitrogens with one attached hydrogen (secondary N) is 2. The molecule has 7 heteroatoms. The van der Waals surface area contributed by atoms with E-state index in [0.29, 0.717) is 22.2 Å². The SMILES string of the molecule is CCCCNc1nnc(Cc2ccccc2Nc2c(Cl)cccc2Cl)s1. The summed E-state index contributed by atoms with van der Waals surface area (Å²) >= 11 is 14.1. The summed E-state index contributed by atoms with van der Waals surface area (Å²) in [5.74, 6) is 0. The van der Waals surface area contributed by atoms with Crippen LogP contribution in [0.5, 0.6) is 0 Å². The Balaban J connectivity index is 1.75. The Labute approximate surface area is 167 Å². The van der Waals surface area contributed by atoms with Gasteiger partial charge in [0.05, 0.1) is 15.7 Å². The van der Waals surface area contributed by atoms with Crippen LogP contribution in [-0.4, -0.2) is 16.7 Å². The van der Waals surface area contributed by atoms with Gasteiger partial charge in [-0.15, -0.1) is 10.2 Å². The molecule has 0 amide bonds. The van der Waals surface area contributed by atoms with Gasteiger partial charge in [0.2, 0.25) is 5.13 Å². The van der Waals surface area contributed by atoms with Crippen molar-refractivity contribution in [2.75, 3.05) is 17.2 Å². The summed E-state index contributed by atoms with van der Waals surface area (Å²) in [4.78, 5) is 0. The normalized spacial score (nSPS) is 10.7. The molecule has 0 aliphatic carbocycles. The number of unbranched alkanes of at least 4 members (excludes halogenated alkanes) is 1. The fourth-order valence-electron chi connectivity index (χ4n) is 2.48. The molecule has 0 aliphatic rings. The molecule has 0 spiro atoms. The molecular formula is C19H20Cl2N4S. The molecule has 0 radical (unpaired) electrons. The molecule has 0 saturated heterocycles. The summed E-state index contributed by atoms with van der Waals surface area (Å²) < 4.78 is 0. The third-order valence-electron chi connectivity index (χ3n) is 3.85. The molecule has 0 aliphatic heterocycles. The molecule has 3 rings (SSSR count). The van der Waals surface area contributed by atoms with Crippen molar-refractivity contribution in [2.45, 2.75) is 26.2 Å². The predicted octanol–water partition coefficient (Wildman–Crippen LogP) is 6.39. The van der Waals surface area contributed by atoms with Crippen LogP contribution in [0, 0.1) is 0 Å². The maximum Gasteiger partial charge on any atom is 0.205 e. The van der Waals surface area contributed by atoms with Gasteiger partial charge >= 0.3 is 0 Å². The average molecular weight is 407 g/mol. The van der Waals surface area contributed by atoms with Gasteiger partial charge in [-0.3, -0.25) is 0 Å². The Morgan fingerprint density at radius 2 is 1.77 bits per heavy atom. The van der Waals surface area contributed by atoms with E-state index in [9.17, 15) is 0 Å². The molecule has 3 aromatic rings. The first-order chi connectivity index (χ1) is 12.7. The number of nitrogens with zero attached hydrogens (tertiary/aromatic N) is 2. The Morgan fingerprint density at radius 3 is 2.54 bits per heavy atom. The topological polar surface area (TPSA) is 49.8 Å². The van der Waals surface area contributed by atoms with Crippen molar-refractivity contribution in [1.29, 1.82) is 0 Å². The van der Waals surface area contributed by atoms with Gasteiger partial charge in [-0.1, -0.05) is 72.1 Å². The van der Waals surface area contributed by atoms with E-state index in [1.165, 1.54) is 0 Å². The van der Waals surface area contributed by atoms with Crippen LogP contribution in [0.25, 0.3) is 0 Å². The molecule has 26 heavy (non-hydrogen) atoms. The number of anilines is 3. The predicted molar refractivity (Wildman–Crippen MR) is 112 cm³/mol. The Bertz CT molecular complexity index is 846. The van der Waals surface area contributed by atoms with E-state index >= 15 is 0 Å². The number of halogens is 2. The first kappa shape index (κ1) is 19.0. The standard InChI is InChI=1S/C19H20Cl2N4S/c1-2-3-11-22-19-25-24-17(26-19)12-13-7-4-5-10-16(13)23-18-14(20)8-6-9-15(18)21/h4-10,23H,2-3,11-12H2,1H3,(H,22,25). The summed E-state index contributed by atoms with van der Waals surface area (Å²) in [7, 11) is 0. The lowest BCUT2D eigenvalue weighted by Gasteiger charge is -2.13. The van der Waals surface area contributed by atoms with E-state index in [4.69, 9.17) is 23.2 Å². The molecule has 2 N–H and O–H groups in total. The second-order valence-electron chi connectivity index (χ2n) is 5.84. The van der Waals surface area contributed by atoms with Crippen LogP contribution in [-0.2, 0) is 6.42 Å². The highest BCUT2D eigenvalue weighted by atomic mass is 35.5. The maximum atomic E-state index is 6.28. The smallest absolute Gasteiger partial charge is 0.205 e. The minimum Gasteiger partial charge on any atom is -0.360 e.